The Kier molecular flexibility index (Phi) is 7.43. The molecule has 38 heavy (non-hydrogen) atoms. The molecule has 0 saturated heterocycles. The summed E-state index contributed by atoms with van der Waals surface area (Å²) < 4.78 is 0. The Balaban J connectivity index is 1.57. The van der Waals surface area contributed by atoms with Crippen LogP contribution in [0, 0.1) is 19.3 Å². The van der Waals surface area contributed by atoms with Crippen molar-refractivity contribution in [3.63, 3.8) is 0 Å². The van der Waals surface area contributed by atoms with Gasteiger partial charge in [0.1, 0.15) is 6.04 Å². The van der Waals surface area contributed by atoms with Crippen LogP contribution in [0.5, 0.6) is 0 Å². The third kappa shape index (κ3) is 5.14. The Labute approximate surface area is 232 Å². The van der Waals surface area contributed by atoms with Crippen LogP contribution in [0.25, 0.3) is 10.9 Å². The summed E-state index contributed by atoms with van der Waals surface area (Å²) in [6.45, 7) is 8.38. The lowest BCUT2D eigenvalue weighted by atomic mass is 10.0. The molecule has 2 aromatic carbocycles. The largest absolute Gasteiger partial charge is 0.377 e. The van der Waals surface area contributed by atoms with Crippen molar-refractivity contribution in [2.75, 3.05) is 10.6 Å². The third-order valence-electron chi connectivity index (χ3n) is 6.57. The molecule has 0 bridgehead atoms. The maximum Gasteiger partial charge on any atom is 0.106 e. The molecule has 1 aliphatic heterocycles. The molecule has 5 rings (SSSR count). The van der Waals surface area contributed by atoms with Crippen LogP contribution in [0.3, 0.4) is 0 Å². The van der Waals surface area contributed by atoms with Gasteiger partial charge in [-0.3, -0.25) is 9.99 Å². The minimum absolute atomic E-state index is 0.0258. The highest BCUT2D eigenvalue weighted by Crippen LogP contribution is 2.38. The summed E-state index contributed by atoms with van der Waals surface area (Å²) >= 11 is 8.42. The number of thiazole rings is 1. The Morgan fingerprint density at radius 2 is 1.89 bits per heavy atom. The zero-order valence-corrected chi connectivity index (χ0v) is 23.3. The van der Waals surface area contributed by atoms with E-state index in [1.807, 2.05) is 41.7 Å². The molecular formula is C29H30ClN7S. The van der Waals surface area contributed by atoms with Crippen molar-refractivity contribution in [1.82, 2.24) is 25.9 Å². The number of terminal acetylenes is 1. The van der Waals surface area contributed by atoms with Gasteiger partial charge < -0.3 is 16.1 Å². The highest BCUT2D eigenvalue weighted by molar-refractivity contribution is 7.09. The number of hydrazine groups is 2. The molecular weight excluding hydrogens is 514 g/mol. The fourth-order valence-electron chi connectivity index (χ4n) is 4.46. The molecule has 4 N–H and O–H groups in total. The van der Waals surface area contributed by atoms with Crippen LogP contribution in [0.1, 0.15) is 54.6 Å². The Bertz CT molecular complexity index is 1520. The van der Waals surface area contributed by atoms with Gasteiger partial charge in [-0.1, -0.05) is 47.9 Å². The van der Waals surface area contributed by atoms with E-state index in [9.17, 15) is 0 Å². The average Bonchev–Trinajstić information content (AvgIpc) is 3.58. The summed E-state index contributed by atoms with van der Waals surface area (Å²) in [6, 6.07) is 14.4. The normalized spacial score (nSPS) is 14.7. The minimum atomic E-state index is -0.171. The summed E-state index contributed by atoms with van der Waals surface area (Å²) in [4.78, 5) is 10.2. The van der Waals surface area contributed by atoms with E-state index in [2.05, 4.69) is 82.7 Å². The smallest absolute Gasteiger partial charge is 0.106 e. The highest BCUT2D eigenvalue weighted by atomic mass is 35.5. The molecule has 0 radical (unpaired) electrons. The second kappa shape index (κ2) is 10.9. The van der Waals surface area contributed by atoms with Crippen molar-refractivity contribution >= 4 is 45.2 Å². The molecule has 0 saturated carbocycles. The number of pyridine rings is 1. The summed E-state index contributed by atoms with van der Waals surface area (Å²) in [7, 11) is 0. The quantitative estimate of drug-likeness (QED) is 0.188. The van der Waals surface area contributed by atoms with Crippen LogP contribution in [0.2, 0.25) is 5.02 Å². The number of rotatable bonds is 8. The Hall–Kier alpha value is -3.77. The molecule has 194 valence electrons. The average molecular weight is 544 g/mol. The number of fused-ring (bicyclic) bond motifs is 1. The van der Waals surface area contributed by atoms with E-state index in [-0.39, 0.29) is 18.1 Å². The number of aromatic nitrogens is 2. The number of nitrogens with zero attached hydrogens (tertiary/aromatic N) is 3. The standard InChI is InChI=1S/C29H30ClN7S/c1-6-20-14-31-27-23(26(20)33-18(4)21-10-8-7-9-11-21)12-22(13-24(27)30)34-28(29-19(5)32-16-38-29)25-15-37(17(2)3)36-35-25/h1,7-18,28,34-36H,2-5H3,(H,31,33)/t18-,28-/m1/s1. The van der Waals surface area contributed by atoms with Crippen LogP contribution in [0.15, 0.2) is 66.1 Å². The van der Waals surface area contributed by atoms with E-state index in [0.29, 0.717) is 16.1 Å². The molecule has 0 fully saturated rings. The lowest BCUT2D eigenvalue weighted by Crippen LogP contribution is -2.41. The van der Waals surface area contributed by atoms with Crippen LogP contribution in [0.4, 0.5) is 11.4 Å². The fourth-order valence-corrected chi connectivity index (χ4v) is 5.59. The van der Waals surface area contributed by atoms with Crippen molar-refractivity contribution in [2.45, 2.75) is 45.8 Å². The van der Waals surface area contributed by atoms with Crippen molar-refractivity contribution in [2.24, 2.45) is 0 Å². The number of benzene rings is 2. The molecule has 0 spiro atoms. The van der Waals surface area contributed by atoms with Gasteiger partial charge >= 0.3 is 0 Å². The first-order valence-electron chi connectivity index (χ1n) is 12.4. The van der Waals surface area contributed by atoms with E-state index in [1.54, 1.807) is 17.5 Å². The number of anilines is 2. The van der Waals surface area contributed by atoms with E-state index >= 15 is 0 Å². The van der Waals surface area contributed by atoms with Gasteiger partial charge in [0.25, 0.3) is 0 Å². The molecule has 4 aromatic rings. The minimum Gasteiger partial charge on any atom is -0.377 e. The maximum atomic E-state index is 6.80. The van der Waals surface area contributed by atoms with Crippen molar-refractivity contribution in [3.05, 3.63) is 92.8 Å². The number of hydrogen-bond donors (Lipinski definition) is 4. The monoisotopic (exact) mass is 543 g/mol. The second-order valence-corrected chi connectivity index (χ2v) is 10.8. The van der Waals surface area contributed by atoms with Crippen LogP contribution in [-0.2, 0) is 0 Å². The first-order valence-corrected chi connectivity index (χ1v) is 13.7. The lowest BCUT2D eigenvalue weighted by molar-refractivity contribution is 0.221. The topological polar surface area (TPSA) is 77.1 Å². The van der Waals surface area contributed by atoms with E-state index in [0.717, 1.165) is 38.6 Å². The van der Waals surface area contributed by atoms with Gasteiger partial charge in [-0.2, -0.15) is 0 Å². The van der Waals surface area contributed by atoms with Gasteiger partial charge in [-0.25, -0.2) is 4.98 Å². The molecule has 1 aliphatic rings. The van der Waals surface area contributed by atoms with Crippen molar-refractivity contribution in [1.29, 1.82) is 0 Å². The number of hydrogen-bond acceptors (Lipinski definition) is 8. The van der Waals surface area contributed by atoms with Gasteiger partial charge in [0.15, 0.2) is 0 Å². The Morgan fingerprint density at radius 3 is 2.55 bits per heavy atom. The molecule has 7 nitrogen and oxygen atoms in total. The van der Waals surface area contributed by atoms with Crippen molar-refractivity contribution < 1.29 is 0 Å². The van der Waals surface area contributed by atoms with Crippen LogP contribution < -0.4 is 21.6 Å². The van der Waals surface area contributed by atoms with Gasteiger partial charge in [0.05, 0.1) is 43.6 Å². The summed E-state index contributed by atoms with van der Waals surface area (Å²) in [6.07, 6.45) is 9.68. The van der Waals surface area contributed by atoms with Crippen LogP contribution >= 0.6 is 22.9 Å². The SMILES string of the molecule is C#Cc1cnc2c(Cl)cc(N[C@H](C3=CN(C(C)C)NN3)c3scnc3C)cc2c1N[C@H](C)c1ccccc1. The van der Waals surface area contributed by atoms with Gasteiger partial charge in [-0.05, 0) is 45.4 Å². The lowest BCUT2D eigenvalue weighted by Gasteiger charge is -2.22. The molecule has 3 heterocycles. The van der Waals surface area contributed by atoms with Crippen molar-refractivity contribution in [3.8, 4) is 12.3 Å². The van der Waals surface area contributed by atoms with E-state index in [1.165, 1.54) is 0 Å². The first-order chi connectivity index (χ1) is 18.4. The maximum absolute atomic E-state index is 6.80. The third-order valence-corrected chi connectivity index (χ3v) is 7.86. The number of aryl methyl sites for hydroxylation is 1. The fraction of sp³-hybridized carbons (Fsp3) is 0.241. The molecule has 0 amide bonds. The molecule has 0 aliphatic carbocycles. The predicted octanol–water partition coefficient (Wildman–Crippen LogP) is 6.54. The highest BCUT2D eigenvalue weighted by Gasteiger charge is 2.26. The predicted molar refractivity (Wildman–Crippen MR) is 158 cm³/mol. The number of nitrogens with one attached hydrogen (secondary N) is 4. The molecule has 9 heteroatoms. The van der Waals surface area contributed by atoms with E-state index < -0.39 is 0 Å². The summed E-state index contributed by atoms with van der Waals surface area (Å²) in [5, 5.41) is 10.7. The summed E-state index contributed by atoms with van der Waals surface area (Å²) in [5.74, 6) is 2.79. The number of halogens is 1. The molecule has 2 atom stereocenters. The van der Waals surface area contributed by atoms with E-state index in [4.69, 9.17) is 18.0 Å². The zero-order valence-electron chi connectivity index (χ0n) is 21.7. The van der Waals surface area contributed by atoms with Gasteiger partial charge in [0, 0.05) is 35.6 Å². The first kappa shape index (κ1) is 25.9. The summed E-state index contributed by atoms with van der Waals surface area (Å²) in [5.41, 5.74) is 14.6. The van der Waals surface area contributed by atoms with Crippen LogP contribution in [-0.4, -0.2) is 21.0 Å². The Morgan fingerprint density at radius 1 is 1.11 bits per heavy atom. The molecule has 0 unspecified atom stereocenters. The second-order valence-electron chi connectivity index (χ2n) is 9.52. The zero-order chi connectivity index (χ0) is 26.8. The molecule has 2 aromatic heterocycles. The van der Waals surface area contributed by atoms with Gasteiger partial charge in [0.2, 0.25) is 0 Å². The van der Waals surface area contributed by atoms with Gasteiger partial charge in [-0.15, -0.1) is 23.3 Å².